The molecule has 2 aliphatic heterocycles. The monoisotopic (exact) mass is 463 g/mol. The van der Waals surface area contributed by atoms with E-state index in [1.807, 2.05) is 30.5 Å². The maximum absolute atomic E-state index is 12.3. The Morgan fingerprint density at radius 1 is 1.06 bits per heavy atom. The van der Waals surface area contributed by atoms with Gasteiger partial charge in [-0.1, -0.05) is 18.7 Å². The fraction of sp³-hybridized carbons (Fsp3) is 0.259. The van der Waals surface area contributed by atoms with Gasteiger partial charge >= 0.3 is 0 Å². The summed E-state index contributed by atoms with van der Waals surface area (Å²) >= 11 is 0. The highest BCUT2D eigenvalue weighted by molar-refractivity contribution is 5.89. The van der Waals surface area contributed by atoms with Gasteiger partial charge in [0, 0.05) is 67.0 Å². The van der Waals surface area contributed by atoms with Gasteiger partial charge in [-0.25, -0.2) is 4.52 Å². The SMILES string of the molecule is C=CC(=O)N1C2CCC1CN(c1ccc(-c3cc(-c4cnn(C)c4)cn4ncc(C#N)c34)cc1)C2. The molecule has 2 fully saturated rings. The highest BCUT2D eigenvalue weighted by atomic mass is 16.2. The predicted molar refractivity (Wildman–Crippen MR) is 134 cm³/mol. The second kappa shape index (κ2) is 8.13. The zero-order valence-electron chi connectivity index (χ0n) is 19.5. The number of pyridine rings is 1. The van der Waals surface area contributed by atoms with Crippen molar-refractivity contribution in [2.75, 3.05) is 18.0 Å². The Kier molecular flexibility index (Phi) is 4.92. The van der Waals surface area contributed by atoms with Crippen molar-refractivity contribution in [2.45, 2.75) is 24.9 Å². The van der Waals surface area contributed by atoms with E-state index in [2.05, 4.69) is 58.1 Å². The molecule has 8 nitrogen and oxygen atoms in total. The van der Waals surface area contributed by atoms with E-state index in [0.29, 0.717) is 5.56 Å². The van der Waals surface area contributed by atoms with Crippen molar-refractivity contribution < 1.29 is 4.79 Å². The minimum absolute atomic E-state index is 0.0408. The first-order valence-corrected chi connectivity index (χ1v) is 11.8. The summed E-state index contributed by atoms with van der Waals surface area (Å²) in [5.74, 6) is 0.0408. The van der Waals surface area contributed by atoms with E-state index in [0.717, 1.165) is 59.4 Å². The lowest BCUT2D eigenvalue weighted by molar-refractivity contribution is -0.129. The van der Waals surface area contributed by atoms with E-state index in [4.69, 9.17) is 0 Å². The number of aromatic nitrogens is 4. The summed E-state index contributed by atoms with van der Waals surface area (Å²) in [5, 5.41) is 18.4. The number of nitrogens with zero attached hydrogens (tertiary/aromatic N) is 7. The summed E-state index contributed by atoms with van der Waals surface area (Å²) in [6, 6.07) is 13.3. The standard InChI is InChI=1S/C27H25N7O/c1-3-26(35)34-23-8-9-24(34)17-32(16-23)22-6-4-18(5-7-22)25-10-19(21-13-29-31(2)14-21)15-33-27(25)20(11-28)12-30-33/h3-7,10,12-15,23-24H,1,8-9,16-17H2,2H3. The number of aryl methyl sites for hydroxylation is 1. The minimum atomic E-state index is 0.0408. The molecule has 35 heavy (non-hydrogen) atoms. The molecule has 6 rings (SSSR count). The molecule has 2 unspecified atom stereocenters. The van der Waals surface area contributed by atoms with Crippen LogP contribution in [0.5, 0.6) is 0 Å². The first kappa shape index (κ1) is 21.2. The van der Waals surface area contributed by atoms with Crippen LogP contribution in [0.1, 0.15) is 18.4 Å². The zero-order chi connectivity index (χ0) is 24.1. The predicted octanol–water partition coefficient (Wildman–Crippen LogP) is 3.64. The molecule has 1 aromatic carbocycles. The third-order valence-electron chi connectivity index (χ3n) is 7.23. The smallest absolute Gasteiger partial charge is 0.246 e. The number of hydrogen-bond acceptors (Lipinski definition) is 5. The Hall–Kier alpha value is -4.38. The number of carbonyl (C=O) groups is 1. The maximum Gasteiger partial charge on any atom is 0.246 e. The largest absolute Gasteiger partial charge is 0.367 e. The molecule has 1 amide bonds. The molecule has 2 saturated heterocycles. The van der Waals surface area contributed by atoms with Crippen molar-refractivity contribution in [1.82, 2.24) is 24.3 Å². The van der Waals surface area contributed by atoms with Crippen molar-refractivity contribution in [1.29, 1.82) is 5.26 Å². The van der Waals surface area contributed by atoms with E-state index in [1.165, 1.54) is 6.08 Å². The molecule has 0 N–H and O–H groups in total. The van der Waals surface area contributed by atoms with Crippen LogP contribution in [-0.4, -0.2) is 55.4 Å². The second-order valence-electron chi connectivity index (χ2n) is 9.29. The van der Waals surface area contributed by atoms with Crippen LogP contribution in [0.3, 0.4) is 0 Å². The number of amides is 1. The van der Waals surface area contributed by atoms with E-state index in [9.17, 15) is 10.1 Å². The molecule has 0 aliphatic carbocycles. The lowest BCUT2D eigenvalue weighted by Gasteiger charge is -2.41. The second-order valence-corrected chi connectivity index (χ2v) is 9.29. The number of carbonyl (C=O) groups excluding carboxylic acids is 1. The van der Waals surface area contributed by atoms with Crippen molar-refractivity contribution in [3.63, 3.8) is 0 Å². The molecule has 2 atom stereocenters. The molecule has 2 aliphatic rings. The van der Waals surface area contributed by atoms with Crippen molar-refractivity contribution in [2.24, 2.45) is 7.05 Å². The Morgan fingerprint density at radius 2 is 1.80 bits per heavy atom. The molecule has 0 radical (unpaired) electrons. The normalized spacial score (nSPS) is 19.2. The summed E-state index contributed by atoms with van der Waals surface area (Å²) in [5.41, 5.74) is 6.42. The summed E-state index contributed by atoms with van der Waals surface area (Å²) in [7, 11) is 1.89. The number of nitriles is 1. The van der Waals surface area contributed by atoms with Gasteiger partial charge in [0.25, 0.3) is 0 Å². The average molecular weight is 464 g/mol. The van der Waals surface area contributed by atoms with Crippen LogP contribution in [0.15, 0.2) is 67.8 Å². The number of benzene rings is 1. The van der Waals surface area contributed by atoms with Crippen LogP contribution in [0.25, 0.3) is 27.8 Å². The molecule has 3 aromatic heterocycles. The topological polar surface area (TPSA) is 82.5 Å². The molecule has 4 aromatic rings. The Labute approximate surface area is 203 Å². The summed E-state index contributed by atoms with van der Waals surface area (Å²) < 4.78 is 3.55. The number of piperazine rings is 1. The molecule has 8 heteroatoms. The van der Waals surface area contributed by atoms with Gasteiger partial charge in [-0.3, -0.25) is 9.48 Å². The minimum Gasteiger partial charge on any atom is -0.367 e. The molecule has 2 bridgehead atoms. The average Bonchev–Trinajstić information content (AvgIpc) is 3.58. The van der Waals surface area contributed by atoms with E-state index in [-0.39, 0.29) is 18.0 Å². The van der Waals surface area contributed by atoms with Gasteiger partial charge in [-0.15, -0.1) is 0 Å². The Bertz CT molecular complexity index is 1480. The van der Waals surface area contributed by atoms with Gasteiger partial charge in [0.05, 0.1) is 23.5 Å². The molecule has 0 spiro atoms. The third-order valence-corrected chi connectivity index (χ3v) is 7.23. The van der Waals surface area contributed by atoms with Gasteiger partial charge in [0.1, 0.15) is 6.07 Å². The third kappa shape index (κ3) is 3.48. The van der Waals surface area contributed by atoms with E-state index in [1.54, 1.807) is 15.4 Å². The molecule has 0 saturated carbocycles. The first-order valence-electron chi connectivity index (χ1n) is 11.8. The summed E-state index contributed by atoms with van der Waals surface area (Å²) in [4.78, 5) is 16.7. The number of hydrogen-bond donors (Lipinski definition) is 0. The zero-order valence-corrected chi connectivity index (χ0v) is 19.5. The summed E-state index contributed by atoms with van der Waals surface area (Å²) in [6.45, 7) is 5.33. The molecule has 5 heterocycles. The first-order chi connectivity index (χ1) is 17.1. The Morgan fingerprint density at radius 3 is 2.43 bits per heavy atom. The molecule has 174 valence electrons. The lowest BCUT2D eigenvalue weighted by atomic mass is 9.99. The molecular weight excluding hydrogens is 438 g/mol. The van der Waals surface area contributed by atoms with Gasteiger partial charge in [-0.2, -0.15) is 15.5 Å². The number of anilines is 1. The van der Waals surface area contributed by atoms with Crippen LogP contribution >= 0.6 is 0 Å². The van der Waals surface area contributed by atoms with Crippen LogP contribution in [0.4, 0.5) is 5.69 Å². The highest BCUT2D eigenvalue weighted by Gasteiger charge is 2.41. The van der Waals surface area contributed by atoms with Crippen LogP contribution in [0, 0.1) is 11.3 Å². The number of fused-ring (bicyclic) bond motifs is 3. The van der Waals surface area contributed by atoms with Crippen molar-refractivity contribution in [3.8, 4) is 28.3 Å². The van der Waals surface area contributed by atoms with Crippen molar-refractivity contribution in [3.05, 3.63) is 73.3 Å². The van der Waals surface area contributed by atoms with Gasteiger partial charge in [0.15, 0.2) is 0 Å². The van der Waals surface area contributed by atoms with Crippen molar-refractivity contribution >= 4 is 17.1 Å². The summed E-state index contributed by atoms with van der Waals surface area (Å²) in [6.07, 6.45) is 10.8. The van der Waals surface area contributed by atoms with Gasteiger partial charge < -0.3 is 9.80 Å². The fourth-order valence-corrected chi connectivity index (χ4v) is 5.58. The van der Waals surface area contributed by atoms with E-state index < -0.39 is 0 Å². The van der Waals surface area contributed by atoms with Crippen LogP contribution in [0.2, 0.25) is 0 Å². The highest BCUT2D eigenvalue weighted by Crippen LogP contribution is 2.35. The quantitative estimate of drug-likeness (QED) is 0.432. The Balaban J connectivity index is 1.35. The van der Waals surface area contributed by atoms with Gasteiger partial charge in [-0.05, 0) is 42.7 Å². The lowest BCUT2D eigenvalue weighted by Crippen LogP contribution is -2.55. The number of rotatable bonds is 4. The molecular formula is C27H25N7O. The fourth-order valence-electron chi connectivity index (χ4n) is 5.58. The maximum atomic E-state index is 12.3. The van der Waals surface area contributed by atoms with E-state index >= 15 is 0 Å². The van der Waals surface area contributed by atoms with Crippen LogP contribution < -0.4 is 4.90 Å². The van der Waals surface area contributed by atoms with Gasteiger partial charge in [0.2, 0.25) is 5.91 Å². The van der Waals surface area contributed by atoms with Crippen LogP contribution in [-0.2, 0) is 11.8 Å².